The number of aromatic amines is 1. The fourth-order valence-electron chi connectivity index (χ4n) is 1.58. The Labute approximate surface area is 119 Å². The van der Waals surface area contributed by atoms with Crippen molar-refractivity contribution in [1.82, 2.24) is 10.2 Å². The zero-order valence-electron chi connectivity index (χ0n) is 10.4. The van der Waals surface area contributed by atoms with Gasteiger partial charge < -0.3 is 5.73 Å². The SMILES string of the molecule is Cc1cc(Br)c(NS(=O)(=O)c2cn[nH]c2C)cc1N. The monoisotopic (exact) mass is 344 g/mol. The van der Waals surface area contributed by atoms with Gasteiger partial charge in [-0.15, -0.1) is 0 Å². The molecule has 102 valence electrons. The van der Waals surface area contributed by atoms with Gasteiger partial charge in [0.2, 0.25) is 0 Å². The van der Waals surface area contributed by atoms with Crippen molar-refractivity contribution in [3.63, 3.8) is 0 Å². The first-order valence-corrected chi connectivity index (χ1v) is 7.67. The Kier molecular flexibility index (Phi) is 3.55. The number of nitrogens with one attached hydrogen (secondary N) is 2. The van der Waals surface area contributed by atoms with Crippen LogP contribution in [0.15, 0.2) is 27.7 Å². The molecule has 0 amide bonds. The number of aromatic nitrogens is 2. The molecule has 6 nitrogen and oxygen atoms in total. The highest BCUT2D eigenvalue weighted by atomic mass is 79.9. The highest BCUT2D eigenvalue weighted by Crippen LogP contribution is 2.29. The van der Waals surface area contributed by atoms with Crippen LogP contribution >= 0.6 is 15.9 Å². The predicted molar refractivity (Wildman–Crippen MR) is 77.4 cm³/mol. The first-order valence-electron chi connectivity index (χ1n) is 5.39. The summed E-state index contributed by atoms with van der Waals surface area (Å²) in [6.45, 7) is 3.48. The average molecular weight is 345 g/mol. The van der Waals surface area contributed by atoms with E-state index in [1.54, 1.807) is 19.1 Å². The van der Waals surface area contributed by atoms with Gasteiger partial charge in [0, 0.05) is 10.2 Å². The molecule has 8 heteroatoms. The van der Waals surface area contributed by atoms with Crippen molar-refractivity contribution in [2.75, 3.05) is 10.5 Å². The molecule has 0 aliphatic rings. The third-order valence-electron chi connectivity index (χ3n) is 2.67. The van der Waals surface area contributed by atoms with E-state index in [1.165, 1.54) is 6.20 Å². The van der Waals surface area contributed by atoms with Crippen LogP contribution in [0.1, 0.15) is 11.3 Å². The van der Waals surface area contributed by atoms with Crippen LogP contribution in [-0.4, -0.2) is 18.6 Å². The van der Waals surface area contributed by atoms with Gasteiger partial charge in [-0.05, 0) is 47.5 Å². The molecule has 1 aromatic carbocycles. The summed E-state index contributed by atoms with van der Waals surface area (Å²) in [4.78, 5) is 0.110. The van der Waals surface area contributed by atoms with Gasteiger partial charge in [-0.1, -0.05) is 0 Å². The number of hydrogen-bond donors (Lipinski definition) is 3. The van der Waals surface area contributed by atoms with Gasteiger partial charge >= 0.3 is 0 Å². The fourth-order valence-corrected chi connectivity index (χ4v) is 3.47. The van der Waals surface area contributed by atoms with Crippen LogP contribution in [0.5, 0.6) is 0 Å². The second-order valence-corrected chi connectivity index (χ2v) is 6.66. The van der Waals surface area contributed by atoms with Gasteiger partial charge in [-0.25, -0.2) is 8.42 Å². The topological polar surface area (TPSA) is 101 Å². The van der Waals surface area contributed by atoms with Gasteiger partial charge in [-0.2, -0.15) is 5.10 Å². The maximum atomic E-state index is 12.2. The minimum atomic E-state index is -3.68. The lowest BCUT2D eigenvalue weighted by Crippen LogP contribution is -2.14. The summed E-state index contributed by atoms with van der Waals surface area (Å²) in [5, 5.41) is 6.29. The van der Waals surface area contributed by atoms with Crippen molar-refractivity contribution in [1.29, 1.82) is 0 Å². The van der Waals surface area contributed by atoms with Gasteiger partial charge in [0.1, 0.15) is 4.90 Å². The van der Waals surface area contributed by atoms with Crippen molar-refractivity contribution in [3.05, 3.63) is 34.1 Å². The van der Waals surface area contributed by atoms with Crippen molar-refractivity contribution in [2.24, 2.45) is 0 Å². The highest BCUT2D eigenvalue weighted by Gasteiger charge is 2.20. The van der Waals surface area contributed by atoms with Crippen LogP contribution in [-0.2, 0) is 10.0 Å². The van der Waals surface area contributed by atoms with Gasteiger partial charge in [0.25, 0.3) is 10.0 Å². The molecule has 0 fully saturated rings. The van der Waals surface area contributed by atoms with E-state index in [9.17, 15) is 8.42 Å². The number of sulfonamides is 1. The molecule has 0 aliphatic heterocycles. The normalized spacial score (nSPS) is 11.5. The Hall–Kier alpha value is -1.54. The number of nitrogens with zero attached hydrogens (tertiary/aromatic N) is 1. The molecule has 19 heavy (non-hydrogen) atoms. The first-order chi connectivity index (χ1) is 8.81. The molecule has 4 N–H and O–H groups in total. The maximum Gasteiger partial charge on any atom is 0.265 e. The largest absolute Gasteiger partial charge is 0.398 e. The molecule has 0 aliphatic carbocycles. The molecule has 0 atom stereocenters. The van der Waals surface area contributed by atoms with Crippen LogP contribution in [0, 0.1) is 13.8 Å². The van der Waals surface area contributed by atoms with E-state index in [4.69, 9.17) is 5.73 Å². The van der Waals surface area contributed by atoms with Crippen molar-refractivity contribution in [2.45, 2.75) is 18.7 Å². The first kappa shape index (κ1) is 13.9. The summed E-state index contributed by atoms with van der Waals surface area (Å²) >= 11 is 3.31. The zero-order valence-corrected chi connectivity index (χ0v) is 12.8. The predicted octanol–water partition coefficient (Wildman–Crippen LogP) is 2.17. The Balaban J connectivity index is 2.42. The molecule has 0 radical (unpaired) electrons. The minimum absolute atomic E-state index is 0.110. The number of hydrogen-bond acceptors (Lipinski definition) is 4. The van der Waals surface area contributed by atoms with Crippen molar-refractivity contribution in [3.8, 4) is 0 Å². The van der Waals surface area contributed by atoms with Crippen LogP contribution in [0.3, 0.4) is 0 Å². The second kappa shape index (κ2) is 4.86. The fraction of sp³-hybridized carbons (Fsp3) is 0.182. The molecule has 0 spiro atoms. The Morgan fingerprint density at radius 3 is 2.63 bits per heavy atom. The number of aryl methyl sites for hydroxylation is 2. The summed E-state index contributed by atoms with van der Waals surface area (Å²) in [5.41, 5.74) is 8.04. The second-order valence-electron chi connectivity index (χ2n) is 4.15. The number of anilines is 2. The van der Waals surface area contributed by atoms with E-state index in [2.05, 4.69) is 30.8 Å². The summed E-state index contributed by atoms with van der Waals surface area (Å²) in [6, 6.07) is 3.34. The van der Waals surface area contributed by atoms with E-state index < -0.39 is 10.0 Å². The molecular weight excluding hydrogens is 332 g/mol. The maximum absolute atomic E-state index is 12.2. The van der Waals surface area contributed by atoms with Gasteiger partial charge in [0.15, 0.2) is 0 Å². The molecule has 2 aromatic rings. The summed E-state index contributed by atoms with van der Waals surface area (Å²) < 4.78 is 27.5. The van der Waals surface area contributed by atoms with Crippen LogP contribution in [0.4, 0.5) is 11.4 Å². The number of nitrogens with two attached hydrogens (primary N) is 1. The standard InChI is InChI=1S/C11H13BrN4O2S/c1-6-3-8(12)10(4-9(6)13)16-19(17,18)11-5-14-15-7(11)2/h3-5,16H,13H2,1-2H3,(H,14,15). The Morgan fingerprint density at radius 1 is 1.37 bits per heavy atom. The Bertz CT molecular complexity index is 724. The smallest absolute Gasteiger partial charge is 0.265 e. The van der Waals surface area contributed by atoms with Crippen LogP contribution in [0.2, 0.25) is 0 Å². The number of rotatable bonds is 3. The zero-order chi connectivity index (χ0) is 14.2. The quantitative estimate of drug-likeness (QED) is 0.742. The van der Waals surface area contributed by atoms with Gasteiger partial charge in [-0.3, -0.25) is 9.82 Å². The summed E-state index contributed by atoms with van der Waals surface area (Å²) in [7, 11) is -3.68. The summed E-state index contributed by atoms with van der Waals surface area (Å²) in [5.74, 6) is 0. The molecule has 0 bridgehead atoms. The van der Waals surface area contributed by atoms with E-state index in [1.807, 2.05) is 6.92 Å². The van der Waals surface area contributed by atoms with E-state index >= 15 is 0 Å². The minimum Gasteiger partial charge on any atom is -0.398 e. The van der Waals surface area contributed by atoms with E-state index in [0.717, 1.165) is 5.56 Å². The molecule has 2 rings (SSSR count). The van der Waals surface area contributed by atoms with E-state index in [-0.39, 0.29) is 4.90 Å². The number of nitrogen functional groups attached to an aromatic ring is 1. The van der Waals surface area contributed by atoms with Crippen LogP contribution < -0.4 is 10.5 Å². The lowest BCUT2D eigenvalue weighted by Gasteiger charge is -2.11. The highest BCUT2D eigenvalue weighted by molar-refractivity contribution is 9.10. The van der Waals surface area contributed by atoms with E-state index in [0.29, 0.717) is 21.5 Å². The lowest BCUT2D eigenvalue weighted by atomic mass is 10.2. The molecule has 1 aromatic heterocycles. The third-order valence-corrected chi connectivity index (χ3v) is 4.81. The average Bonchev–Trinajstić information content (AvgIpc) is 2.73. The molecule has 0 saturated carbocycles. The number of H-pyrrole nitrogens is 1. The molecule has 0 saturated heterocycles. The number of benzene rings is 1. The van der Waals surface area contributed by atoms with Crippen molar-refractivity contribution < 1.29 is 8.42 Å². The van der Waals surface area contributed by atoms with Gasteiger partial charge in [0.05, 0.1) is 17.6 Å². The number of halogens is 1. The molecule has 0 unspecified atom stereocenters. The molecule has 1 heterocycles. The van der Waals surface area contributed by atoms with Crippen molar-refractivity contribution >= 4 is 37.3 Å². The third kappa shape index (κ3) is 2.74. The van der Waals surface area contributed by atoms with Crippen LogP contribution in [0.25, 0.3) is 0 Å². The lowest BCUT2D eigenvalue weighted by molar-refractivity contribution is 0.600. The summed E-state index contributed by atoms with van der Waals surface area (Å²) in [6.07, 6.45) is 1.27. The Morgan fingerprint density at radius 2 is 2.05 bits per heavy atom. The molecular formula is C11H13BrN4O2S.